The minimum atomic E-state index is 0.432. The van der Waals surface area contributed by atoms with Crippen LogP contribution < -0.4 is 5.32 Å². The van der Waals surface area contributed by atoms with E-state index in [1.54, 1.807) is 0 Å². The van der Waals surface area contributed by atoms with Gasteiger partial charge in [-0.15, -0.1) is 0 Å². The molecular formula is C16H24N4. The maximum Gasteiger partial charge on any atom is 0.126 e. The van der Waals surface area contributed by atoms with Crippen LogP contribution in [0.2, 0.25) is 0 Å². The molecule has 2 N–H and O–H groups in total. The quantitative estimate of drug-likeness (QED) is 0.743. The first kappa shape index (κ1) is 14.6. The molecule has 4 heteroatoms. The highest BCUT2D eigenvalue weighted by atomic mass is 15.1. The van der Waals surface area contributed by atoms with Crippen molar-refractivity contribution in [2.45, 2.75) is 46.0 Å². The van der Waals surface area contributed by atoms with Crippen LogP contribution in [0.5, 0.6) is 0 Å². The Labute approximate surface area is 121 Å². The first-order valence-electron chi connectivity index (χ1n) is 7.46. The number of hydrogen-bond acceptors (Lipinski definition) is 3. The zero-order valence-electron chi connectivity index (χ0n) is 12.6. The molecule has 0 unspecified atom stereocenters. The zero-order chi connectivity index (χ0) is 14.4. The summed E-state index contributed by atoms with van der Waals surface area (Å²) in [5, 5.41) is 10.7. The average Bonchev–Trinajstić information content (AvgIpc) is 2.94. The third-order valence-corrected chi connectivity index (χ3v) is 3.40. The van der Waals surface area contributed by atoms with Crippen LogP contribution in [0.25, 0.3) is 11.1 Å². The van der Waals surface area contributed by atoms with Crippen LogP contribution in [0.1, 0.15) is 51.6 Å². The number of H-pyrrole nitrogens is 1. The summed E-state index contributed by atoms with van der Waals surface area (Å²) in [5.41, 5.74) is 3.50. The molecule has 2 heterocycles. The number of nitrogens with one attached hydrogen (secondary N) is 2. The van der Waals surface area contributed by atoms with E-state index in [1.807, 2.05) is 18.5 Å². The largest absolute Gasteiger partial charge is 0.370 e. The topological polar surface area (TPSA) is 53.6 Å². The second-order valence-corrected chi connectivity index (χ2v) is 5.42. The third kappa shape index (κ3) is 3.59. The van der Waals surface area contributed by atoms with E-state index in [9.17, 15) is 0 Å². The van der Waals surface area contributed by atoms with Crippen molar-refractivity contribution < 1.29 is 0 Å². The molecule has 0 aliphatic heterocycles. The van der Waals surface area contributed by atoms with Crippen LogP contribution in [0.3, 0.4) is 0 Å². The van der Waals surface area contributed by atoms with Crippen molar-refractivity contribution in [2.24, 2.45) is 0 Å². The van der Waals surface area contributed by atoms with Crippen LogP contribution in [0, 0.1) is 0 Å². The van der Waals surface area contributed by atoms with Crippen molar-refractivity contribution in [1.29, 1.82) is 0 Å². The van der Waals surface area contributed by atoms with Gasteiger partial charge in [0.25, 0.3) is 0 Å². The minimum absolute atomic E-state index is 0.432. The first-order valence-corrected chi connectivity index (χ1v) is 7.46. The molecule has 0 saturated heterocycles. The number of aromatic amines is 1. The summed E-state index contributed by atoms with van der Waals surface area (Å²) in [6.07, 6.45) is 7.43. The molecular weight excluding hydrogens is 248 g/mol. The fraction of sp³-hybridized carbons (Fsp3) is 0.500. The lowest BCUT2D eigenvalue weighted by molar-refractivity contribution is 0.742. The zero-order valence-corrected chi connectivity index (χ0v) is 12.6. The molecule has 2 rings (SSSR count). The summed E-state index contributed by atoms with van der Waals surface area (Å²) in [4.78, 5) is 4.38. The Bertz CT molecular complexity index is 531. The molecule has 0 saturated carbocycles. The normalized spacial score (nSPS) is 11.0. The number of aromatic nitrogens is 3. The fourth-order valence-corrected chi connectivity index (χ4v) is 2.25. The van der Waals surface area contributed by atoms with Crippen molar-refractivity contribution in [1.82, 2.24) is 15.2 Å². The van der Waals surface area contributed by atoms with E-state index in [2.05, 4.69) is 47.3 Å². The number of unbranched alkanes of at least 4 members (excludes halogenated alkanes) is 2. The van der Waals surface area contributed by atoms with Gasteiger partial charge in [0.15, 0.2) is 0 Å². The van der Waals surface area contributed by atoms with Crippen molar-refractivity contribution in [2.75, 3.05) is 11.9 Å². The monoisotopic (exact) mass is 272 g/mol. The van der Waals surface area contributed by atoms with Gasteiger partial charge in [0.1, 0.15) is 5.82 Å². The van der Waals surface area contributed by atoms with Gasteiger partial charge in [0.05, 0.1) is 6.20 Å². The van der Waals surface area contributed by atoms with Gasteiger partial charge in [-0.3, -0.25) is 5.10 Å². The SMILES string of the molecule is CCCCCNc1cc(-c2cn[nH]c2C(C)C)ccn1. The predicted octanol–water partition coefficient (Wildman–Crippen LogP) is 4.20. The highest BCUT2D eigenvalue weighted by molar-refractivity contribution is 5.68. The Morgan fingerprint density at radius 1 is 1.30 bits per heavy atom. The van der Waals surface area contributed by atoms with Gasteiger partial charge >= 0.3 is 0 Å². The standard InChI is InChI=1S/C16H24N4/c1-4-5-6-8-17-15-10-13(7-9-18-15)14-11-19-20-16(14)12(2)3/h7,9-12H,4-6,8H2,1-3H3,(H,17,18)(H,19,20). The van der Waals surface area contributed by atoms with Gasteiger partial charge in [-0.05, 0) is 30.0 Å². The fourth-order valence-electron chi connectivity index (χ4n) is 2.25. The highest BCUT2D eigenvalue weighted by Gasteiger charge is 2.11. The molecule has 0 radical (unpaired) electrons. The molecule has 0 aliphatic rings. The first-order chi connectivity index (χ1) is 9.72. The molecule has 2 aromatic heterocycles. The van der Waals surface area contributed by atoms with Crippen molar-refractivity contribution >= 4 is 5.82 Å². The Balaban J connectivity index is 2.11. The molecule has 108 valence electrons. The van der Waals surface area contributed by atoms with E-state index in [0.29, 0.717) is 5.92 Å². The molecule has 0 fully saturated rings. The van der Waals surface area contributed by atoms with Gasteiger partial charge < -0.3 is 5.32 Å². The molecule has 0 aromatic carbocycles. The van der Waals surface area contributed by atoms with E-state index in [0.717, 1.165) is 17.9 Å². The molecule has 0 spiro atoms. The number of hydrogen-bond donors (Lipinski definition) is 2. The van der Waals surface area contributed by atoms with Gasteiger partial charge in [-0.1, -0.05) is 33.6 Å². The lowest BCUT2D eigenvalue weighted by Crippen LogP contribution is -2.03. The molecule has 20 heavy (non-hydrogen) atoms. The number of anilines is 1. The van der Waals surface area contributed by atoms with Crippen LogP contribution in [-0.2, 0) is 0 Å². The third-order valence-electron chi connectivity index (χ3n) is 3.40. The highest BCUT2D eigenvalue weighted by Crippen LogP contribution is 2.28. The van der Waals surface area contributed by atoms with Crippen molar-refractivity contribution in [3.63, 3.8) is 0 Å². The van der Waals surface area contributed by atoms with Crippen LogP contribution in [0.4, 0.5) is 5.82 Å². The maximum absolute atomic E-state index is 4.38. The van der Waals surface area contributed by atoms with Gasteiger partial charge in [-0.2, -0.15) is 5.10 Å². The van der Waals surface area contributed by atoms with E-state index in [1.165, 1.54) is 30.5 Å². The summed E-state index contributed by atoms with van der Waals surface area (Å²) >= 11 is 0. The van der Waals surface area contributed by atoms with E-state index in [4.69, 9.17) is 0 Å². The smallest absolute Gasteiger partial charge is 0.126 e. The van der Waals surface area contributed by atoms with Crippen molar-refractivity contribution in [3.05, 3.63) is 30.2 Å². The maximum atomic E-state index is 4.38. The summed E-state index contributed by atoms with van der Waals surface area (Å²) in [5.74, 6) is 1.37. The van der Waals surface area contributed by atoms with Gasteiger partial charge in [0.2, 0.25) is 0 Å². The van der Waals surface area contributed by atoms with E-state index >= 15 is 0 Å². The molecule has 0 atom stereocenters. The van der Waals surface area contributed by atoms with E-state index in [-0.39, 0.29) is 0 Å². The Morgan fingerprint density at radius 2 is 2.15 bits per heavy atom. The number of rotatable bonds is 7. The van der Waals surface area contributed by atoms with Crippen LogP contribution in [-0.4, -0.2) is 21.7 Å². The summed E-state index contributed by atoms with van der Waals surface area (Å²) in [6, 6.07) is 4.14. The molecule has 4 nitrogen and oxygen atoms in total. The average molecular weight is 272 g/mol. The second-order valence-electron chi connectivity index (χ2n) is 5.42. The summed E-state index contributed by atoms with van der Waals surface area (Å²) in [7, 11) is 0. The number of nitrogens with zero attached hydrogens (tertiary/aromatic N) is 2. The molecule has 0 aliphatic carbocycles. The number of pyridine rings is 1. The van der Waals surface area contributed by atoms with Crippen LogP contribution >= 0.6 is 0 Å². The van der Waals surface area contributed by atoms with Crippen molar-refractivity contribution in [3.8, 4) is 11.1 Å². The lowest BCUT2D eigenvalue weighted by Gasteiger charge is -2.09. The Kier molecular flexibility index (Phi) is 5.16. The minimum Gasteiger partial charge on any atom is -0.370 e. The van der Waals surface area contributed by atoms with Gasteiger partial charge in [-0.25, -0.2) is 4.98 Å². The van der Waals surface area contributed by atoms with Crippen LogP contribution in [0.15, 0.2) is 24.5 Å². The Morgan fingerprint density at radius 3 is 2.90 bits per heavy atom. The summed E-state index contributed by atoms with van der Waals surface area (Å²) < 4.78 is 0. The lowest BCUT2D eigenvalue weighted by atomic mass is 10.0. The van der Waals surface area contributed by atoms with E-state index < -0.39 is 0 Å². The molecule has 0 bridgehead atoms. The second kappa shape index (κ2) is 7.08. The molecule has 2 aromatic rings. The predicted molar refractivity (Wildman–Crippen MR) is 83.9 cm³/mol. The molecule has 0 amide bonds. The van der Waals surface area contributed by atoms with Gasteiger partial charge in [0, 0.05) is 24.0 Å². The summed E-state index contributed by atoms with van der Waals surface area (Å²) in [6.45, 7) is 7.53. The Hall–Kier alpha value is -1.84.